The molecule has 0 aliphatic heterocycles. The Morgan fingerprint density at radius 2 is 2.00 bits per heavy atom. The molecule has 1 fully saturated rings. The van der Waals surface area contributed by atoms with Gasteiger partial charge in [-0.2, -0.15) is 4.39 Å². The zero-order valence-corrected chi connectivity index (χ0v) is 11.3. The van der Waals surface area contributed by atoms with Crippen LogP contribution in [0.2, 0.25) is 0 Å². The lowest BCUT2D eigenvalue weighted by Crippen LogP contribution is -2.33. The smallest absolute Gasteiger partial charge is 0.254 e. The van der Waals surface area contributed by atoms with E-state index in [0.717, 1.165) is 18.9 Å². The Balaban J connectivity index is 1.85. The summed E-state index contributed by atoms with van der Waals surface area (Å²) >= 11 is 0. The molecule has 108 valence electrons. The SMILES string of the molecule is O=C(c1ccnc(F)c1)N(Cc1ccccc1F)C1CC1. The maximum Gasteiger partial charge on any atom is 0.254 e. The molecule has 0 unspecified atom stereocenters. The van der Waals surface area contributed by atoms with Crippen LogP contribution in [0.4, 0.5) is 8.78 Å². The first-order valence-corrected chi connectivity index (χ1v) is 6.81. The number of carbonyl (C=O) groups is 1. The van der Waals surface area contributed by atoms with Crippen molar-refractivity contribution in [2.75, 3.05) is 0 Å². The molecule has 3 nitrogen and oxygen atoms in total. The number of hydrogen-bond donors (Lipinski definition) is 0. The second-order valence-electron chi connectivity index (χ2n) is 5.12. The van der Waals surface area contributed by atoms with Crippen molar-refractivity contribution in [2.45, 2.75) is 25.4 Å². The highest BCUT2D eigenvalue weighted by atomic mass is 19.1. The van der Waals surface area contributed by atoms with E-state index < -0.39 is 5.95 Å². The molecule has 21 heavy (non-hydrogen) atoms. The molecule has 0 atom stereocenters. The van der Waals surface area contributed by atoms with E-state index in [0.29, 0.717) is 5.56 Å². The zero-order valence-electron chi connectivity index (χ0n) is 11.3. The molecule has 1 aromatic carbocycles. The molecule has 5 heteroatoms. The molecule has 0 radical (unpaired) electrons. The first-order chi connectivity index (χ1) is 10.1. The Labute approximate surface area is 121 Å². The van der Waals surface area contributed by atoms with Crippen LogP contribution in [0, 0.1) is 11.8 Å². The van der Waals surface area contributed by atoms with Gasteiger partial charge in [0.25, 0.3) is 5.91 Å². The van der Waals surface area contributed by atoms with E-state index in [1.807, 2.05) is 0 Å². The fourth-order valence-electron chi connectivity index (χ4n) is 2.26. The molecule has 1 heterocycles. The number of carbonyl (C=O) groups excluding carboxylic acids is 1. The first kappa shape index (κ1) is 13.7. The van der Waals surface area contributed by atoms with Gasteiger partial charge >= 0.3 is 0 Å². The molecular formula is C16H14F2N2O. The second-order valence-corrected chi connectivity index (χ2v) is 5.12. The summed E-state index contributed by atoms with van der Waals surface area (Å²) in [6.45, 7) is 0.195. The summed E-state index contributed by atoms with van der Waals surface area (Å²) in [4.78, 5) is 17.6. The minimum Gasteiger partial charge on any atom is -0.331 e. The molecule has 0 N–H and O–H groups in total. The van der Waals surface area contributed by atoms with Crippen molar-refractivity contribution in [3.05, 3.63) is 65.5 Å². The van der Waals surface area contributed by atoms with Crippen LogP contribution in [0.25, 0.3) is 0 Å². The standard InChI is InChI=1S/C16H14F2N2O/c17-14-4-2-1-3-12(14)10-20(13-5-6-13)16(21)11-7-8-19-15(18)9-11/h1-4,7-9,13H,5-6,10H2. The van der Waals surface area contributed by atoms with Crippen molar-refractivity contribution in [3.8, 4) is 0 Å². The average Bonchev–Trinajstić information content (AvgIpc) is 3.30. The molecule has 0 spiro atoms. The summed E-state index contributed by atoms with van der Waals surface area (Å²) < 4.78 is 26.9. The van der Waals surface area contributed by atoms with Crippen LogP contribution in [-0.2, 0) is 6.54 Å². The molecule has 1 aromatic heterocycles. The van der Waals surface area contributed by atoms with Crippen molar-refractivity contribution < 1.29 is 13.6 Å². The Kier molecular flexibility index (Phi) is 3.64. The summed E-state index contributed by atoms with van der Waals surface area (Å²) in [5.74, 6) is -1.32. The van der Waals surface area contributed by atoms with Crippen LogP contribution in [-0.4, -0.2) is 21.8 Å². The van der Waals surface area contributed by atoms with Gasteiger partial charge in [-0.25, -0.2) is 9.37 Å². The first-order valence-electron chi connectivity index (χ1n) is 6.81. The maximum atomic E-state index is 13.8. The highest BCUT2D eigenvalue weighted by Gasteiger charge is 2.33. The summed E-state index contributed by atoms with van der Waals surface area (Å²) in [6, 6.07) is 9.07. The van der Waals surface area contributed by atoms with Crippen LogP contribution < -0.4 is 0 Å². The predicted molar refractivity (Wildman–Crippen MR) is 73.5 cm³/mol. The monoisotopic (exact) mass is 288 g/mol. The van der Waals surface area contributed by atoms with Crippen molar-refractivity contribution in [1.29, 1.82) is 0 Å². The van der Waals surface area contributed by atoms with E-state index in [9.17, 15) is 13.6 Å². The predicted octanol–water partition coefficient (Wildman–Crippen LogP) is 3.16. The van der Waals surface area contributed by atoms with Gasteiger partial charge in [0.2, 0.25) is 5.95 Å². The summed E-state index contributed by atoms with van der Waals surface area (Å²) in [5.41, 5.74) is 0.706. The van der Waals surface area contributed by atoms with Gasteiger partial charge in [-0.15, -0.1) is 0 Å². The lowest BCUT2D eigenvalue weighted by Gasteiger charge is -2.23. The Morgan fingerprint density at radius 3 is 2.67 bits per heavy atom. The van der Waals surface area contributed by atoms with Crippen molar-refractivity contribution in [1.82, 2.24) is 9.88 Å². The Bertz CT molecular complexity index is 671. The van der Waals surface area contributed by atoms with E-state index in [1.165, 1.54) is 18.3 Å². The minimum atomic E-state index is -0.692. The third kappa shape index (κ3) is 3.07. The summed E-state index contributed by atoms with van der Waals surface area (Å²) in [5, 5.41) is 0. The Morgan fingerprint density at radius 1 is 1.24 bits per heavy atom. The molecule has 0 bridgehead atoms. The molecule has 1 amide bonds. The van der Waals surface area contributed by atoms with E-state index in [1.54, 1.807) is 23.1 Å². The number of rotatable bonds is 4. The van der Waals surface area contributed by atoms with E-state index in [2.05, 4.69) is 4.98 Å². The van der Waals surface area contributed by atoms with Crippen LogP contribution >= 0.6 is 0 Å². The number of aromatic nitrogens is 1. The highest BCUT2D eigenvalue weighted by molar-refractivity contribution is 5.94. The fourth-order valence-corrected chi connectivity index (χ4v) is 2.26. The third-order valence-electron chi connectivity index (χ3n) is 3.52. The topological polar surface area (TPSA) is 33.2 Å². The van der Waals surface area contributed by atoms with Crippen LogP contribution in [0.1, 0.15) is 28.8 Å². The summed E-state index contributed by atoms with van der Waals surface area (Å²) in [7, 11) is 0. The number of halogens is 2. The lowest BCUT2D eigenvalue weighted by atomic mass is 10.1. The Hall–Kier alpha value is -2.30. The number of benzene rings is 1. The van der Waals surface area contributed by atoms with Crippen LogP contribution in [0.5, 0.6) is 0 Å². The molecular weight excluding hydrogens is 274 g/mol. The van der Waals surface area contributed by atoms with Crippen LogP contribution in [0.3, 0.4) is 0 Å². The number of hydrogen-bond acceptors (Lipinski definition) is 2. The molecule has 3 rings (SSSR count). The van der Waals surface area contributed by atoms with Crippen LogP contribution in [0.15, 0.2) is 42.6 Å². The largest absolute Gasteiger partial charge is 0.331 e. The van der Waals surface area contributed by atoms with Crippen molar-refractivity contribution in [3.63, 3.8) is 0 Å². The van der Waals surface area contributed by atoms with Gasteiger partial charge in [-0.3, -0.25) is 4.79 Å². The number of amides is 1. The van der Waals surface area contributed by atoms with Gasteiger partial charge in [-0.1, -0.05) is 18.2 Å². The molecule has 2 aromatic rings. The molecule has 1 aliphatic rings. The zero-order chi connectivity index (χ0) is 14.8. The molecule has 1 saturated carbocycles. The van der Waals surface area contributed by atoms with E-state index in [4.69, 9.17) is 0 Å². The quantitative estimate of drug-likeness (QED) is 0.810. The van der Waals surface area contributed by atoms with Gasteiger partial charge < -0.3 is 4.90 Å². The average molecular weight is 288 g/mol. The van der Waals surface area contributed by atoms with Crippen molar-refractivity contribution >= 4 is 5.91 Å². The minimum absolute atomic E-state index is 0.105. The van der Waals surface area contributed by atoms with Gasteiger partial charge in [0.15, 0.2) is 0 Å². The summed E-state index contributed by atoms with van der Waals surface area (Å²) in [6.07, 6.45) is 3.05. The molecule has 0 saturated heterocycles. The maximum absolute atomic E-state index is 13.8. The van der Waals surface area contributed by atoms with Gasteiger partial charge in [0, 0.05) is 36.0 Å². The molecule has 1 aliphatic carbocycles. The number of pyridine rings is 1. The normalized spacial score (nSPS) is 14.0. The third-order valence-corrected chi connectivity index (χ3v) is 3.52. The van der Waals surface area contributed by atoms with E-state index in [-0.39, 0.29) is 29.9 Å². The van der Waals surface area contributed by atoms with Gasteiger partial charge in [0.05, 0.1) is 0 Å². The van der Waals surface area contributed by atoms with E-state index >= 15 is 0 Å². The van der Waals surface area contributed by atoms with Gasteiger partial charge in [-0.05, 0) is 25.0 Å². The van der Waals surface area contributed by atoms with Gasteiger partial charge in [0.1, 0.15) is 5.82 Å². The second kappa shape index (κ2) is 5.60. The lowest BCUT2D eigenvalue weighted by molar-refractivity contribution is 0.0727. The fraction of sp³-hybridized carbons (Fsp3) is 0.250. The van der Waals surface area contributed by atoms with Crippen molar-refractivity contribution in [2.24, 2.45) is 0 Å². The number of nitrogens with zero attached hydrogens (tertiary/aromatic N) is 2. The highest BCUT2D eigenvalue weighted by Crippen LogP contribution is 2.30.